The molecule has 96 valence electrons. The van der Waals surface area contributed by atoms with Gasteiger partial charge in [-0.3, -0.25) is 0 Å². The van der Waals surface area contributed by atoms with E-state index in [2.05, 4.69) is 20.4 Å². The number of alkyl halides is 3. The average molecular weight is 257 g/mol. The molecule has 0 atom stereocenters. The summed E-state index contributed by atoms with van der Waals surface area (Å²) >= 11 is 0. The van der Waals surface area contributed by atoms with E-state index in [-0.39, 0.29) is 5.82 Å². The molecule has 0 bridgehead atoms. The first kappa shape index (κ1) is 12.3. The summed E-state index contributed by atoms with van der Waals surface area (Å²) < 4.78 is 38.3. The number of nitrogens with one attached hydrogen (secondary N) is 1. The summed E-state index contributed by atoms with van der Waals surface area (Å²) in [6.07, 6.45) is -1.49. The van der Waals surface area contributed by atoms with Gasteiger partial charge in [0, 0.05) is 18.8 Å². The molecule has 0 amide bonds. The molecule has 0 aliphatic heterocycles. The maximum absolute atomic E-state index is 12.4. The largest absolute Gasteiger partial charge is 0.419 e. The molecule has 5 nitrogen and oxygen atoms in total. The zero-order valence-electron chi connectivity index (χ0n) is 9.44. The number of nitrogens with zero attached hydrogens (tertiary/aromatic N) is 4. The number of halogens is 3. The highest BCUT2D eigenvalue weighted by molar-refractivity contribution is 5.40. The fourth-order valence-electron chi connectivity index (χ4n) is 1.34. The third-order valence-electron chi connectivity index (χ3n) is 2.16. The summed E-state index contributed by atoms with van der Waals surface area (Å²) in [6, 6.07) is 1.52. The van der Waals surface area contributed by atoms with Crippen molar-refractivity contribution in [3.63, 3.8) is 0 Å². The van der Waals surface area contributed by atoms with Crippen LogP contribution in [0.1, 0.15) is 12.5 Å². The van der Waals surface area contributed by atoms with E-state index in [1.807, 2.05) is 6.92 Å². The van der Waals surface area contributed by atoms with E-state index in [1.54, 1.807) is 0 Å². The van der Waals surface area contributed by atoms with Crippen LogP contribution < -0.4 is 5.32 Å². The Bertz CT molecular complexity index is 534. The Morgan fingerprint density at radius 3 is 2.72 bits per heavy atom. The van der Waals surface area contributed by atoms with Crippen molar-refractivity contribution in [2.24, 2.45) is 0 Å². The molecule has 0 radical (unpaired) electrons. The molecule has 1 N–H and O–H groups in total. The van der Waals surface area contributed by atoms with Crippen molar-refractivity contribution in [3.05, 3.63) is 30.4 Å². The summed E-state index contributed by atoms with van der Waals surface area (Å²) in [5, 5.41) is 6.57. The second-order valence-electron chi connectivity index (χ2n) is 3.46. The van der Waals surface area contributed by atoms with Crippen LogP contribution in [0.25, 0.3) is 5.82 Å². The van der Waals surface area contributed by atoms with E-state index in [0.717, 1.165) is 17.1 Å². The quantitative estimate of drug-likeness (QED) is 0.915. The molecule has 0 spiro atoms. The van der Waals surface area contributed by atoms with Crippen LogP contribution in [-0.4, -0.2) is 26.3 Å². The van der Waals surface area contributed by atoms with E-state index in [0.29, 0.717) is 12.4 Å². The minimum absolute atomic E-state index is 0.274. The molecule has 2 heterocycles. The third-order valence-corrected chi connectivity index (χ3v) is 2.16. The Labute approximate surface area is 101 Å². The van der Waals surface area contributed by atoms with Crippen LogP contribution in [0.2, 0.25) is 0 Å². The zero-order chi connectivity index (χ0) is 13.2. The first-order valence-electron chi connectivity index (χ1n) is 5.19. The Kier molecular flexibility index (Phi) is 3.17. The van der Waals surface area contributed by atoms with Crippen molar-refractivity contribution in [2.45, 2.75) is 13.1 Å². The molecule has 0 saturated heterocycles. The van der Waals surface area contributed by atoms with Gasteiger partial charge in [-0.25, -0.2) is 14.6 Å². The Balaban J connectivity index is 2.31. The van der Waals surface area contributed by atoms with Crippen LogP contribution in [-0.2, 0) is 6.18 Å². The van der Waals surface area contributed by atoms with E-state index >= 15 is 0 Å². The summed E-state index contributed by atoms with van der Waals surface area (Å²) in [4.78, 5) is 7.79. The standard InChI is InChI=1S/C10H10F3N5/c1-2-14-8-3-9(16-6-15-8)18-5-7(4-17-18)10(11,12)13/h3-6H,2H2,1H3,(H,14,15,16). The summed E-state index contributed by atoms with van der Waals surface area (Å²) in [7, 11) is 0. The van der Waals surface area contributed by atoms with Crippen molar-refractivity contribution in [1.82, 2.24) is 19.7 Å². The third kappa shape index (κ3) is 2.58. The molecule has 8 heteroatoms. The number of anilines is 1. The van der Waals surface area contributed by atoms with Gasteiger partial charge in [-0.1, -0.05) is 0 Å². The van der Waals surface area contributed by atoms with Gasteiger partial charge in [-0.15, -0.1) is 0 Å². The molecule has 0 aromatic carbocycles. The fraction of sp³-hybridized carbons (Fsp3) is 0.300. The number of hydrogen-bond acceptors (Lipinski definition) is 4. The van der Waals surface area contributed by atoms with Crippen molar-refractivity contribution >= 4 is 5.82 Å². The molecule has 18 heavy (non-hydrogen) atoms. The fourth-order valence-corrected chi connectivity index (χ4v) is 1.34. The van der Waals surface area contributed by atoms with E-state index in [1.165, 1.54) is 12.4 Å². The second-order valence-corrected chi connectivity index (χ2v) is 3.46. The maximum Gasteiger partial charge on any atom is 0.419 e. The van der Waals surface area contributed by atoms with Crippen LogP contribution in [0, 0.1) is 0 Å². The smallest absolute Gasteiger partial charge is 0.370 e. The van der Waals surface area contributed by atoms with Crippen molar-refractivity contribution in [2.75, 3.05) is 11.9 Å². The Hall–Kier alpha value is -2.12. The van der Waals surface area contributed by atoms with Crippen LogP contribution in [0.5, 0.6) is 0 Å². The molecule has 0 aliphatic rings. The predicted molar refractivity (Wildman–Crippen MR) is 58.3 cm³/mol. The van der Waals surface area contributed by atoms with Gasteiger partial charge < -0.3 is 5.32 Å². The number of aromatic nitrogens is 4. The molecule has 0 fully saturated rings. The highest BCUT2D eigenvalue weighted by Crippen LogP contribution is 2.28. The molecule has 0 saturated carbocycles. The second kappa shape index (κ2) is 4.63. The van der Waals surface area contributed by atoms with E-state index in [9.17, 15) is 13.2 Å². The van der Waals surface area contributed by atoms with E-state index in [4.69, 9.17) is 0 Å². The van der Waals surface area contributed by atoms with Crippen LogP contribution in [0.4, 0.5) is 19.0 Å². The zero-order valence-corrected chi connectivity index (χ0v) is 9.44. The Morgan fingerprint density at radius 2 is 2.11 bits per heavy atom. The lowest BCUT2D eigenvalue weighted by Crippen LogP contribution is -2.05. The van der Waals surface area contributed by atoms with Gasteiger partial charge in [0.1, 0.15) is 12.1 Å². The highest BCUT2D eigenvalue weighted by atomic mass is 19.4. The van der Waals surface area contributed by atoms with Gasteiger partial charge in [0.2, 0.25) is 0 Å². The van der Waals surface area contributed by atoms with Gasteiger partial charge in [-0.2, -0.15) is 18.3 Å². The first-order valence-corrected chi connectivity index (χ1v) is 5.19. The average Bonchev–Trinajstić information content (AvgIpc) is 2.78. The topological polar surface area (TPSA) is 55.6 Å². The van der Waals surface area contributed by atoms with Crippen molar-refractivity contribution < 1.29 is 13.2 Å². The lowest BCUT2D eigenvalue weighted by atomic mass is 10.3. The van der Waals surface area contributed by atoms with Crippen molar-refractivity contribution in [1.29, 1.82) is 0 Å². The summed E-state index contributed by atoms with van der Waals surface area (Å²) in [5.74, 6) is 0.808. The van der Waals surface area contributed by atoms with Gasteiger partial charge in [0.15, 0.2) is 5.82 Å². The lowest BCUT2D eigenvalue weighted by Gasteiger charge is -2.04. The lowest BCUT2D eigenvalue weighted by molar-refractivity contribution is -0.137. The predicted octanol–water partition coefficient (Wildman–Crippen LogP) is 2.11. The van der Waals surface area contributed by atoms with Gasteiger partial charge >= 0.3 is 6.18 Å². The van der Waals surface area contributed by atoms with Crippen LogP contribution in [0.15, 0.2) is 24.8 Å². The van der Waals surface area contributed by atoms with Crippen LogP contribution >= 0.6 is 0 Å². The maximum atomic E-state index is 12.4. The number of rotatable bonds is 3. The monoisotopic (exact) mass is 257 g/mol. The first-order chi connectivity index (χ1) is 8.50. The van der Waals surface area contributed by atoms with Crippen molar-refractivity contribution in [3.8, 4) is 5.82 Å². The van der Waals surface area contributed by atoms with Gasteiger partial charge in [0.25, 0.3) is 0 Å². The molecule has 2 aromatic rings. The SMILES string of the molecule is CCNc1cc(-n2cc(C(F)(F)F)cn2)ncn1. The Morgan fingerprint density at radius 1 is 1.33 bits per heavy atom. The number of hydrogen-bond donors (Lipinski definition) is 1. The minimum atomic E-state index is -4.41. The molecule has 2 aromatic heterocycles. The van der Waals surface area contributed by atoms with Gasteiger partial charge in [-0.05, 0) is 6.92 Å². The molecule has 0 aliphatic carbocycles. The van der Waals surface area contributed by atoms with Gasteiger partial charge in [0.05, 0.1) is 11.8 Å². The summed E-state index contributed by atoms with van der Waals surface area (Å²) in [6.45, 7) is 2.54. The van der Waals surface area contributed by atoms with Crippen LogP contribution in [0.3, 0.4) is 0 Å². The summed E-state index contributed by atoms with van der Waals surface area (Å²) in [5.41, 5.74) is -0.814. The molecular formula is C10H10F3N5. The molecule has 2 rings (SSSR count). The minimum Gasteiger partial charge on any atom is -0.370 e. The highest BCUT2D eigenvalue weighted by Gasteiger charge is 2.32. The van der Waals surface area contributed by atoms with E-state index < -0.39 is 11.7 Å². The molecular weight excluding hydrogens is 247 g/mol. The normalized spacial score (nSPS) is 11.6. The molecule has 0 unspecified atom stereocenters.